The Balaban J connectivity index is 0.00000338. The lowest BCUT2D eigenvalue weighted by atomic mass is 10.1. The Morgan fingerprint density at radius 3 is 2.78 bits per heavy atom. The normalized spacial score (nSPS) is 17.0. The van der Waals surface area contributed by atoms with Crippen LogP contribution in [0, 0.1) is 11.3 Å². The number of carbonyl (C=O) groups excluding carboxylic acids is 1. The van der Waals surface area contributed by atoms with Crippen LogP contribution in [-0.4, -0.2) is 42.5 Å². The van der Waals surface area contributed by atoms with Gasteiger partial charge in [-0.2, -0.15) is 5.26 Å². The van der Waals surface area contributed by atoms with Gasteiger partial charge in [0.1, 0.15) is 6.04 Å². The molecule has 0 radical (unpaired) electrons. The maximum Gasteiger partial charge on any atom is 0.240 e. The number of hydrogen-bond acceptors (Lipinski definition) is 4. The van der Waals surface area contributed by atoms with Crippen LogP contribution in [0.3, 0.4) is 0 Å². The minimum atomic E-state index is -0.480. The first-order valence-corrected chi connectivity index (χ1v) is 9.10. The monoisotopic (exact) mass is 412 g/mol. The van der Waals surface area contributed by atoms with Gasteiger partial charge >= 0.3 is 0 Å². The van der Waals surface area contributed by atoms with E-state index < -0.39 is 6.04 Å². The van der Waals surface area contributed by atoms with Crippen molar-refractivity contribution in [3.05, 3.63) is 42.0 Å². The van der Waals surface area contributed by atoms with Gasteiger partial charge in [-0.05, 0) is 37.8 Å². The molecule has 3 N–H and O–H groups in total. The molecule has 1 aliphatic rings. The zero-order valence-electron chi connectivity index (χ0n) is 15.5. The fourth-order valence-electron chi connectivity index (χ4n) is 3.06. The lowest BCUT2D eigenvalue weighted by Crippen LogP contribution is -2.45. The van der Waals surface area contributed by atoms with Crippen LogP contribution >= 0.6 is 24.8 Å². The Labute approximate surface area is 174 Å². The molecule has 27 heavy (non-hydrogen) atoms. The van der Waals surface area contributed by atoms with Gasteiger partial charge in [0.15, 0.2) is 0 Å². The van der Waals surface area contributed by atoms with Crippen molar-refractivity contribution in [2.24, 2.45) is 5.73 Å². The maximum atomic E-state index is 12.3. The number of benzene rings is 1. The second kappa shape index (κ2) is 14.5. The minimum Gasteiger partial charge on any atom is -0.325 e. The highest BCUT2D eigenvalue weighted by atomic mass is 35.5. The van der Waals surface area contributed by atoms with E-state index in [9.17, 15) is 4.79 Å². The Morgan fingerprint density at radius 1 is 1.33 bits per heavy atom. The second-order valence-electron chi connectivity index (χ2n) is 6.44. The van der Waals surface area contributed by atoms with Crippen molar-refractivity contribution in [3.63, 3.8) is 0 Å². The van der Waals surface area contributed by atoms with Crippen molar-refractivity contribution in [2.75, 3.05) is 19.6 Å². The lowest BCUT2D eigenvalue weighted by molar-refractivity contribution is -0.132. The first-order valence-electron chi connectivity index (χ1n) is 9.10. The van der Waals surface area contributed by atoms with Gasteiger partial charge in [0.05, 0.1) is 12.1 Å². The first-order chi connectivity index (χ1) is 12.2. The molecule has 5 nitrogen and oxygen atoms in total. The summed E-state index contributed by atoms with van der Waals surface area (Å²) in [4.78, 5) is 13.9. The Bertz CT molecular complexity index is 604. The van der Waals surface area contributed by atoms with Gasteiger partial charge in [-0.3, -0.25) is 4.79 Å². The molecule has 1 aromatic rings. The van der Waals surface area contributed by atoms with Gasteiger partial charge in [-0.25, -0.2) is 0 Å². The first kappa shape index (κ1) is 25.4. The topological polar surface area (TPSA) is 82.2 Å². The van der Waals surface area contributed by atoms with Crippen LogP contribution in [0.1, 0.15) is 37.7 Å². The molecule has 2 atom stereocenters. The van der Waals surface area contributed by atoms with E-state index in [1.807, 2.05) is 18.2 Å². The SMILES string of the molecule is Cl.Cl.N#C[C@@H]1CCCN1C(=O)[C@@H](N)CCCCNCC=Cc1ccccc1. The van der Waals surface area contributed by atoms with Crippen molar-refractivity contribution in [2.45, 2.75) is 44.2 Å². The van der Waals surface area contributed by atoms with E-state index in [1.54, 1.807) is 4.90 Å². The number of likely N-dealkylation sites (tertiary alicyclic amines) is 1. The largest absolute Gasteiger partial charge is 0.325 e. The van der Waals surface area contributed by atoms with Crippen molar-refractivity contribution >= 4 is 36.8 Å². The molecule has 0 unspecified atom stereocenters. The van der Waals surface area contributed by atoms with Crippen molar-refractivity contribution in [3.8, 4) is 6.07 Å². The molecule has 1 aliphatic heterocycles. The molecule has 0 aliphatic carbocycles. The summed E-state index contributed by atoms with van der Waals surface area (Å²) in [6.45, 7) is 2.40. The number of halogens is 2. The fraction of sp³-hybridized carbons (Fsp3) is 0.500. The third-order valence-electron chi connectivity index (χ3n) is 4.49. The lowest BCUT2D eigenvalue weighted by Gasteiger charge is -2.23. The summed E-state index contributed by atoms with van der Waals surface area (Å²) in [7, 11) is 0. The van der Waals surface area contributed by atoms with Crippen molar-refractivity contribution < 1.29 is 4.79 Å². The van der Waals surface area contributed by atoms with E-state index in [-0.39, 0.29) is 36.8 Å². The van der Waals surface area contributed by atoms with Crippen molar-refractivity contribution in [1.82, 2.24) is 10.2 Å². The Morgan fingerprint density at radius 2 is 2.07 bits per heavy atom. The highest BCUT2D eigenvalue weighted by molar-refractivity contribution is 5.85. The predicted octanol–water partition coefficient (Wildman–Crippen LogP) is 3.15. The number of nitriles is 1. The summed E-state index contributed by atoms with van der Waals surface area (Å²) in [5.41, 5.74) is 7.21. The maximum absolute atomic E-state index is 12.3. The van der Waals surface area contributed by atoms with Crippen LogP contribution in [0.15, 0.2) is 36.4 Å². The summed E-state index contributed by atoms with van der Waals surface area (Å²) in [5.74, 6) is -0.0668. The molecule has 0 spiro atoms. The van der Waals surface area contributed by atoms with Gasteiger partial charge < -0.3 is 16.0 Å². The molecule has 2 rings (SSSR count). The fourth-order valence-corrected chi connectivity index (χ4v) is 3.06. The van der Waals surface area contributed by atoms with Gasteiger partial charge in [0, 0.05) is 13.1 Å². The molecular weight excluding hydrogens is 383 g/mol. The number of nitrogens with one attached hydrogen (secondary N) is 1. The summed E-state index contributed by atoms with van der Waals surface area (Å²) >= 11 is 0. The summed E-state index contributed by atoms with van der Waals surface area (Å²) < 4.78 is 0. The van der Waals surface area contributed by atoms with Gasteiger partial charge in [0.25, 0.3) is 0 Å². The second-order valence-corrected chi connectivity index (χ2v) is 6.44. The highest BCUT2D eigenvalue weighted by Gasteiger charge is 2.31. The molecule has 0 aromatic heterocycles. The zero-order chi connectivity index (χ0) is 17.9. The third-order valence-corrected chi connectivity index (χ3v) is 4.49. The molecule has 1 aromatic carbocycles. The van der Waals surface area contributed by atoms with E-state index >= 15 is 0 Å². The zero-order valence-corrected chi connectivity index (χ0v) is 17.2. The van der Waals surface area contributed by atoms with Crippen LogP contribution in [-0.2, 0) is 4.79 Å². The third kappa shape index (κ3) is 8.77. The van der Waals surface area contributed by atoms with Gasteiger partial charge in [0.2, 0.25) is 5.91 Å². The molecule has 7 heteroatoms. The number of hydrogen-bond donors (Lipinski definition) is 2. The summed E-state index contributed by atoms with van der Waals surface area (Å²) in [6.07, 6.45) is 8.46. The highest BCUT2D eigenvalue weighted by Crippen LogP contribution is 2.18. The Hall–Kier alpha value is -1.58. The van der Waals surface area contributed by atoms with E-state index in [4.69, 9.17) is 11.0 Å². The predicted molar refractivity (Wildman–Crippen MR) is 115 cm³/mol. The molecule has 150 valence electrons. The van der Waals surface area contributed by atoms with E-state index in [0.29, 0.717) is 13.0 Å². The van der Waals surface area contributed by atoms with E-state index in [2.05, 4.69) is 35.7 Å². The minimum absolute atomic E-state index is 0. The quantitative estimate of drug-likeness (QED) is 0.610. The molecule has 0 saturated carbocycles. The molecular formula is C20H30Cl2N4O. The van der Waals surface area contributed by atoms with Crippen LogP contribution in [0.4, 0.5) is 0 Å². The Kier molecular flexibility index (Phi) is 13.6. The molecule has 0 bridgehead atoms. The van der Waals surface area contributed by atoms with Crippen molar-refractivity contribution in [1.29, 1.82) is 5.26 Å². The summed E-state index contributed by atoms with van der Waals surface area (Å²) in [5, 5.41) is 12.4. The van der Waals surface area contributed by atoms with E-state index in [0.717, 1.165) is 38.8 Å². The molecule has 1 fully saturated rings. The average molecular weight is 413 g/mol. The smallest absolute Gasteiger partial charge is 0.240 e. The number of nitrogens with two attached hydrogens (primary N) is 1. The molecule has 1 saturated heterocycles. The van der Waals surface area contributed by atoms with Crippen LogP contribution in [0.5, 0.6) is 0 Å². The van der Waals surface area contributed by atoms with Crippen LogP contribution in [0.2, 0.25) is 0 Å². The number of carbonyl (C=O) groups is 1. The van der Waals surface area contributed by atoms with Gasteiger partial charge in [-0.15, -0.1) is 24.8 Å². The molecule has 1 amide bonds. The standard InChI is InChI=1S/C20H28N4O.2ClH/c21-16-18-11-7-15-24(18)20(25)19(22)12-4-5-13-23-14-6-10-17-8-2-1-3-9-17;;/h1-3,6,8-10,18-19,23H,4-5,7,11-15,22H2;2*1H/t18-,19-;;/m0../s1. The van der Waals surface area contributed by atoms with Crippen LogP contribution < -0.4 is 11.1 Å². The molecule has 1 heterocycles. The number of nitrogens with zero attached hydrogens (tertiary/aromatic N) is 2. The number of unbranched alkanes of at least 4 members (excludes halogenated alkanes) is 1. The number of rotatable bonds is 9. The van der Waals surface area contributed by atoms with E-state index in [1.165, 1.54) is 5.56 Å². The number of amides is 1. The average Bonchev–Trinajstić information content (AvgIpc) is 3.12. The van der Waals surface area contributed by atoms with Crippen LogP contribution in [0.25, 0.3) is 6.08 Å². The van der Waals surface area contributed by atoms with Gasteiger partial charge in [-0.1, -0.05) is 48.9 Å². The summed E-state index contributed by atoms with van der Waals surface area (Å²) in [6, 6.07) is 11.6.